The summed E-state index contributed by atoms with van der Waals surface area (Å²) in [4.78, 5) is 0. The second-order valence-electron chi connectivity index (χ2n) is 5.04. The molecule has 0 bridgehead atoms. The lowest BCUT2D eigenvalue weighted by molar-refractivity contribution is 0.151. The number of hydrogen-bond donors (Lipinski definition) is 0. The number of unbranched alkanes of at least 4 members (excludes halogenated alkanes) is 4. The van der Waals surface area contributed by atoms with Gasteiger partial charge in [0.05, 0.1) is 6.61 Å². The van der Waals surface area contributed by atoms with E-state index in [4.69, 9.17) is 4.52 Å². The van der Waals surface area contributed by atoms with Crippen LogP contribution in [-0.4, -0.2) is 6.61 Å². The van der Waals surface area contributed by atoms with Crippen LogP contribution in [0, 0.1) is 5.41 Å². The van der Waals surface area contributed by atoms with Crippen LogP contribution >= 0.6 is 9.47 Å². The Balaban J connectivity index is 3.78. The van der Waals surface area contributed by atoms with Crippen LogP contribution in [0.5, 0.6) is 0 Å². The van der Waals surface area contributed by atoms with Gasteiger partial charge in [0, 0.05) is 9.47 Å². The van der Waals surface area contributed by atoms with Gasteiger partial charge in [0.25, 0.3) is 0 Å². The first-order valence-electron chi connectivity index (χ1n) is 6.50. The van der Waals surface area contributed by atoms with E-state index in [-0.39, 0.29) is 0 Å². The summed E-state index contributed by atoms with van der Waals surface area (Å²) in [6.07, 6.45) is 10.7. The smallest absolute Gasteiger partial charge is 0.0555 e. The predicted molar refractivity (Wildman–Crippen MR) is 72.1 cm³/mol. The topological polar surface area (TPSA) is 9.23 Å². The molecule has 0 aromatic rings. The van der Waals surface area contributed by atoms with Crippen LogP contribution < -0.4 is 0 Å². The Morgan fingerprint density at radius 1 is 0.933 bits per heavy atom. The van der Waals surface area contributed by atoms with Crippen molar-refractivity contribution in [2.45, 2.75) is 72.1 Å². The first-order valence-corrected chi connectivity index (χ1v) is 6.97. The molecule has 0 N–H and O–H groups in total. The van der Waals surface area contributed by atoms with E-state index >= 15 is 0 Å². The molecule has 0 spiro atoms. The standard InChI is InChI=1S/C13H29OP/c1-4-6-8-9-11-13(3,12-14-15)10-7-5-2/h4-12,15H2,1-3H3. The van der Waals surface area contributed by atoms with E-state index in [9.17, 15) is 0 Å². The molecular weight excluding hydrogens is 203 g/mol. The summed E-state index contributed by atoms with van der Waals surface area (Å²) in [7, 11) is 2.39. The largest absolute Gasteiger partial charge is 0.365 e. The lowest BCUT2D eigenvalue weighted by atomic mass is 9.81. The highest BCUT2D eigenvalue weighted by atomic mass is 31.0. The molecular formula is C13H29OP. The maximum Gasteiger partial charge on any atom is 0.0555 e. The SMILES string of the molecule is CCCCCCC(C)(CCCC)COP. The third kappa shape index (κ3) is 8.22. The highest BCUT2D eigenvalue weighted by Gasteiger charge is 2.22. The zero-order valence-corrected chi connectivity index (χ0v) is 12.0. The van der Waals surface area contributed by atoms with Crippen LogP contribution in [0.15, 0.2) is 0 Å². The Kier molecular flexibility index (Phi) is 9.85. The molecule has 2 atom stereocenters. The van der Waals surface area contributed by atoms with Gasteiger partial charge in [0.15, 0.2) is 0 Å². The first kappa shape index (κ1) is 15.4. The molecule has 92 valence electrons. The molecule has 0 fully saturated rings. The van der Waals surface area contributed by atoms with Crippen LogP contribution in [0.25, 0.3) is 0 Å². The number of hydrogen-bond acceptors (Lipinski definition) is 1. The Labute approximate surface area is 98.6 Å². The molecule has 0 aliphatic rings. The van der Waals surface area contributed by atoms with Gasteiger partial charge in [-0.1, -0.05) is 59.3 Å². The van der Waals surface area contributed by atoms with E-state index in [1.807, 2.05) is 0 Å². The van der Waals surface area contributed by atoms with Gasteiger partial charge in [0.1, 0.15) is 0 Å². The lowest BCUT2D eigenvalue weighted by Crippen LogP contribution is -2.21. The molecule has 0 aromatic heterocycles. The van der Waals surface area contributed by atoms with Crippen LogP contribution in [0.2, 0.25) is 0 Å². The maximum atomic E-state index is 5.28. The van der Waals surface area contributed by atoms with Crippen LogP contribution in [0.3, 0.4) is 0 Å². The quantitative estimate of drug-likeness (QED) is 0.382. The monoisotopic (exact) mass is 232 g/mol. The molecule has 0 aromatic carbocycles. The van der Waals surface area contributed by atoms with E-state index in [1.165, 1.54) is 51.4 Å². The van der Waals surface area contributed by atoms with E-state index in [0.717, 1.165) is 6.61 Å². The van der Waals surface area contributed by atoms with E-state index in [0.29, 0.717) is 5.41 Å². The van der Waals surface area contributed by atoms with Gasteiger partial charge < -0.3 is 4.52 Å². The fourth-order valence-electron chi connectivity index (χ4n) is 2.05. The Bertz CT molecular complexity index is 138. The van der Waals surface area contributed by atoms with Gasteiger partial charge in [-0.2, -0.15) is 0 Å². The summed E-state index contributed by atoms with van der Waals surface area (Å²) in [5, 5.41) is 0. The van der Waals surface area contributed by atoms with E-state index in [1.54, 1.807) is 0 Å². The van der Waals surface area contributed by atoms with Crippen molar-refractivity contribution >= 4 is 9.47 Å². The summed E-state index contributed by atoms with van der Waals surface area (Å²) in [5.41, 5.74) is 0.408. The second-order valence-corrected chi connectivity index (χ2v) is 5.37. The normalized spacial score (nSPS) is 15.2. The van der Waals surface area contributed by atoms with Gasteiger partial charge in [-0.05, 0) is 18.3 Å². The van der Waals surface area contributed by atoms with Gasteiger partial charge in [-0.25, -0.2) is 0 Å². The molecule has 0 saturated heterocycles. The second kappa shape index (κ2) is 9.60. The molecule has 15 heavy (non-hydrogen) atoms. The summed E-state index contributed by atoms with van der Waals surface area (Å²) in [6.45, 7) is 7.80. The van der Waals surface area contributed by atoms with Crippen molar-refractivity contribution in [3.63, 3.8) is 0 Å². The number of rotatable bonds is 10. The van der Waals surface area contributed by atoms with Crippen molar-refractivity contribution in [2.75, 3.05) is 6.61 Å². The lowest BCUT2D eigenvalue weighted by Gasteiger charge is -2.28. The third-order valence-electron chi connectivity index (χ3n) is 3.20. The molecule has 1 nitrogen and oxygen atoms in total. The molecule has 2 heteroatoms. The molecule has 2 unspecified atom stereocenters. The van der Waals surface area contributed by atoms with E-state index in [2.05, 4.69) is 30.2 Å². The van der Waals surface area contributed by atoms with Gasteiger partial charge >= 0.3 is 0 Å². The third-order valence-corrected chi connectivity index (χ3v) is 3.37. The van der Waals surface area contributed by atoms with Gasteiger partial charge in [-0.3, -0.25) is 0 Å². The zero-order chi connectivity index (χ0) is 11.6. The summed E-state index contributed by atoms with van der Waals surface area (Å²) >= 11 is 0. The fourth-order valence-corrected chi connectivity index (χ4v) is 2.45. The Morgan fingerprint density at radius 3 is 2.07 bits per heavy atom. The summed E-state index contributed by atoms with van der Waals surface area (Å²) in [5.74, 6) is 0. The maximum absolute atomic E-state index is 5.28. The van der Waals surface area contributed by atoms with E-state index < -0.39 is 0 Å². The molecule has 0 rings (SSSR count). The van der Waals surface area contributed by atoms with Crippen molar-refractivity contribution in [1.29, 1.82) is 0 Å². The first-order chi connectivity index (χ1) is 7.18. The molecule has 0 heterocycles. The minimum atomic E-state index is 0.408. The van der Waals surface area contributed by atoms with Crippen molar-refractivity contribution in [3.05, 3.63) is 0 Å². The molecule has 0 aliphatic heterocycles. The van der Waals surface area contributed by atoms with Crippen molar-refractivity contribution in [3.8, 4) is 0 Å². The molecule has 0 saturated carbocycles. The Hall–Kier alpha value is 0.390. The highest BCUT2D eigenvalue weighted by molar-refractivity contribution is 7.09. The van der Waals surface area contributed by atoms with Gasteiger partial charge in [-0.15, -0.1) is 0 Å². The van der Waals surface area contributed by atoms with Crippen LogP contribution in [0.4, 0.5) is 0 Å². The molecule has 0 radical (unpaired) electrons. The zero-order valence-electron chi connectivity index (χ0n) is 10.8. The highest BCUT2D eigenvalue weighted by Crippen LogP contribution is 2.31. The van der Waals surface area contributed by atoms with Crippen molar-refractivity contribution < 1.29 is 4.52 Å². The fraction of sp³-hybridized carbons (Fsp3) is 1.00. The van der Waals surface area contributed by atoms with Crippen LogP contribution in [0.1, 0.15) is 72.1 Å². The van der Waals surface area contributed by atoms with Crippen molar-refractivity contribution in [2.24, 2.45) is 5.41 Å². The molecule has 0 aliphatic carbocycles. The minimum Gasteiger partial charge on any atom is -0.365 e. The average Bonchev–Trinajstić information content (AvgIpc) is 2.22. The predicted octanol–water partition coefficient (Wildman–Crippen LogP) is 4.96. The summed E-state index contributed by atoms with van der Waals surface area (Å²) in [6, 6.07) is 0. The minimum absolute atomic E-state index is 0.408. The van der Waals surface area contributed by atoms with Gasteiger partial charge in [0.2, 0.25) is 0 Å². The van der Waals surface area contributed by atoms with Crippen LogP contribution in [-0.2, 0) is 4.52 Å². The Morgan fingerprint density at radius 2 is 1.53 bits per heavy atom. The molecule has 0 amide bonds. The summed E-state index contributed by atoms with van der Waals surface area (Å²) < 4.78 is 5.28. The average molecular weight is 232 g/mol. The van der Waals surface area contributed by atoms with Crippen molar-refractivity contribution in [1.82, 2.24) is 0 Å².